The molecule has 0 saturated heterocycles. The standard InChI is InChI=1S/C10H13N9/c1-12-8-15-9(18(2)5-3-4-11)17-10(16-8)19-7-13-6-14-19/h6-7H,3,5H2,1-2H3,(H,12,15,16,17). The number of aromatic nitrogens is 6. The van der Waals surface area contributed by atoms with Gasteiger partial charge in [0.05, 0.1) is 12.5 Å². The summed E-state index contributed by atoms with van der Waals surface area (Å²) in [7, 11) is 3.54. The van der Waals surface area contributed by atoms with Crippen molar-refractivity contribution in [2.45, 2.75) is 6.42 Å². The van der Waals surface area contributed by atoms with Crippen LogP contribution in [-0.2, 0) is 0 Å². The molecule has 0 amide bonds. The van der Waals surface area contributed by atoms with Gasteiger partial charge in [0, 0.05) is 20.6 Å². The minimum absolute atomic E-state index is 0.371. The average Bonchev–Trinajstić information content (AvgIpc) is 2.98. The van der Waals surface area contributed by atoms with Crippen molar-refractivity contribution in [2.75, 3.05) is 30.9 Å². The van der Waals surface area contributed by atoms with Crippen molar-refractivity contribution >= 4 is 11.9 Å². The quantitative estimate of drug-likeness (QED) is 0.789. The summed E-state index contributed by atoms with van der Waals surface area (Å²) < 4.78 is 1.45. The molecular weight excluding hydrogens is 246 g/mol. The fourth-order valence-corrected chi connectivity index (χ4v) is 1.37. The van der Waals surface area contributed by atoms with Gasteiger partial charge in [0.2, 0.25) is 11.9 Å². The van der Waals surface area contributed by atoms with E-state index >= 15 is 0 Å². The molecule has 0 unspecified atom stereocenters. The van der Waals surface area contributed by atoms with Crippen LogP contribution in [-0.4, -0.2) is 50.4 Å². The summed E-state index contributed by atoms with van der Waals surface area (Å²) in [5, 5.41) is 15.4. The van der Waals surface area contributed by atoms with Crippen molar-refractivity contribution in [3.05, 3.63) is 12.7 Å². The third kappa shape index (κ3) is 2.92. The molecule has 0 radical (unpaired) electrons. The zero-order valence-electron chi connectivity index (χ0n) is 10.6. The van der Waals surface area contributed by atoms with Gasteiger partial charge in [-0.1, -0.05) is 0 Å². The lowest BCUT2D eigenvalue weighted by Gasteiger charge is -2.16. The molecule has 19 heavy (non-hydrogen) atoms. The Morgan fingerprint density at radius 1 is 1.42 bits per heavy atom. The summed E-state index contributed by atoms with van der Waals surface area (Å²) in [6.45, 7) is 0.542. The number of nitrogens with zero attached hydrogens (tertiary/aromatic N) is 8. The van der Waals surface area contributed by atoms with Gasteiger partial charge in [-0.15, -0.1) is 0 Å². The largest absolute Gasteiger partial charge is 0.357 e. The zero-order valence-corrected chi connectivity index (χ0v) is 10.6. The lowest BCUT2D eigenvalue weighted by molar-refractivity contribution is 0.774. The molecule has 2 heterocycles. The summed E-state index contributed by atoms with van der Waals surface area (Å²) in [5.41, 5.74) is 0. The fraction of sp³-hybridized carbons (Fsp3) is 0.400. The third-order valence-electron chi connectivity index (χ3n) is 2.36. The Balaban J connectivity index is 2.34. The summed E-state index contributed by atoms with van der Waals surface area (Å²) in [4.78, 5) is 18.4. The predicted octanol–water partition coefficient (Wildman–Crippen LogP) is -0.156. The van der Waals surface area contributed by atoms with E-state index in [0.29, 0.717) is 30.8 Å². The van der Waals surface area contributed by atoms with Crippen molar-refractivity contribution < 1.29 is 0 Å². The maximum absolute atomic E-state index is 8.60. The highest BCUT2D eigenvalue weighted by Gasteiger charge is 2.11. The number of nitrogens with one attached hydrogen (secondary N) is 1. The molecule has 0 bridgehead atoms. The minimum atomic E-state index is 0.371. The normalized spacial score (nSPS) is 9.95. The molecule has 2 rings (SSSR count). The lowest BCUT2D eigenvalue weighted by atomic mass is 10.4. The average molecular weight is 259 g/mol. The number of nitriles is 1. The Kier molecular flexibility index (Phi) is 3.82. The summed E-state index contributed by atoms with van der Waals surface area (Å²) >= 11 is 0. The van der Waals surface area contributed by atoms with Gasteiger partial charge >= 0.3 is 0 Å². The van der Waals surface area contributed by atoms with Gasteiger partial charge in [-0.25, -0.2) is 4.98 Å². The molecule has 0 atom stereocenters. The van der Waals surface area contributed by atoms with Crippen molar-refractivity contribution in [1.82, 2.24) is 29.7 Å². The Labute approximate surface area is 110 Å². The maximum Gasteiger partial charge on any atom is 0.258 e. The van der Waals surface area contributed by atoms with E-state index in [1.807, 2.05) is 7.05 Å². The molecule has 0 aliphatic heterocycles. The molecule has 2 aromatic rings. The molecule has 0 aliphatic rings. The van der Waals surface area contributed by atoms with Crippen LogP contribution in [0.5, 0.6) is 0 Å². The molecule has 0 fully saturated rings. The van der Waals surface area contributed by atoms with Gasteiger partial charge in [0.15, 0.2) is 0 Å². The van der Waals surface area contributed by atoms with Crippen LogP contribution in [0.1, 0.15) is 6.42 Å². The molecule has 2 aromatic heterocycles. The highest BCUT2D eigenvalue weighted by atomic mass is 15.4. The molecule has 0 spiro atoms. The van der Waals surface area contributed by atoms with Crippen LogP contribution in [0, 0.1) is 11.3 Å². The molecule has 1 N–H and O–H groups in total. The van der Waals surface area contributed by atoms with E-state index in [9.17, 15) is 0 Å². The van der Waals surface area contributed by atoms with Gasteiger partial charge < -0.3 is 10.2 Å². The van der Waals surface area contributed by atoms with Gasteiger partial charge in [-0.3, -0.25) is 0 Å². The molecule has 0 saturated carbocycles. The van der Waals surface area contributed by atoms with Crippen molar-refractivity contribution in [3.63, 3.8) is 0 Å². The number of rotatable bonds is 5. The van der Waals surface area contributed by atoms with Crippen molar-refractivity contribution in [2.24, 2.45) is 0 Å². The van der Waals surface area contributed by atoms with Gasteiger partial charge in [-0.2, -0.15) is 30.0 Å². The first kappa shape index (κ1) is 12.7. The maximum atomic E-state index is 8.60. The highest BCUT2D eigenvalue weighted by molar-refractivity contribution is 5.38. The van der Waals surface area contributed by atoms with Crippen LogP contribution in [0.15, 0.2) is 12.7 Å². The topological polar surface area (TPSA) is 108 Å². The van der Waals surface area contributed by atoms with Crippen LogP contribution in [0.2, 0.25) is 0 Å². The monoisotopic (exact) mass is 259 g/mol. The Morgan fingerprint density at radius 2 is 2.26 bits per heavy atom. The summed E-state index contributed by atoms with van der Waals surface area (Å²) in [6, 6.07) is 2.08. The fourth-order valence-electron chi connectivity index (χ4n) is 1.37. The van der Waals surface area contributed by atoms with E-state index in [2.05, 4.69) is 36.4 Å². The van der Waals surface area contributed by atoms with Gasteiger partial charge in [-0.05, 0) is 0 Å². The molecule has 98 valence electrons. The van der Waals surface area contributed by atoms with Crippen LogP contribution in [0.25, 0.3) is 5.95 Å². The second kappa shape index (κ2) is 5.72. The highest BCUT2D eigenvalue weighted by Crippen LogP contribution is 2.11. The first-order valence-corrected chi connectivity index (χ1v) is 5.61. The van der Waals surface area contributed by atoms with E-state index in [0.717, 1.165) is 0 Å². The predicted molar refractivity (Wildman–Crippen MR) is 67.8 cm³/mol. The third-order valence-corrected chi connectivity index (χ3v) is 2.36. The molecular formula is C10H13N9. The van der Waals surface area contributed by atoms with Crippen molar-refractivity contribution in [3.8, 4) is 12.0 Å². The van der Waals surface area contributed by atoms with Crippen LogP contribution in [0.4, 0.5) is 11.9 Å². The summed E-state index contributed by atoms with van der Waals surface area (Å²) in [5.74, 6) is 1.27. The van der Waals surface area contributed by atoms with Gasteiger partial charge in [0.1, 0.15) is 12.7 Å². The van der Waals surface area contributed by atoms with Crippen LogP contribution < -0.4 is 10.2 Å². The number of hydrogen-bond donors (Lipinski definition) is 1. The van der Waals surface area contributed by atoms with Gasteiger partial charge in [0.25, 0.3) is 5.95 Å². The van der Waals surface area contributed by atoms with Crippen molar-refractivity contribution in [1.29, 1.82) is 5.26 Å². The zero-order chi connectivity index (χ0) is 13.7. The Hall–Kier alpha value is -2.76. The Bertz CT molecular complexity index is 571. The lowest BCUT2D eigenvalue weighted by Crippen LogP contribution is -2.22. The van der Waals surface area contributed by atoms with E-state index in [4.69, 9.17) is 5.26 Å². The van der Waals surface area contributed by atoms with E-state index < -0.39 is 0 Å². The minimum Gasteiger partial charge on any atom is -0.357 e. The second-order valence-electron chi connectivity index (χ2n) is 3.68. The first-order chi connectivity index (χ1) is 9.24. The van der Waals surface area contributed by atoms with E-state index in [-0.39, 0.29) is 0 Å². The number of hydrogen-bond acceptors (Lipinski definition) is 8. The molecule has 0 aromatic carbocycles. The molecule has 0 aliphatic carbocycles. The SMILES string of the molecule is CNc1nc(N(C)CCC#N)nc(-n2cncn2)n1. The summed E-state index contributed by atoms with van der Waals surface area (Å²) in [6.07, 6.45) is 3.31. The molecule has 9 nitrogen and oxygen atoms in total. The van der Waals surface area contributed by atoms with Crippen LogP contribution in [0.3, 0.4) is 0 Å². The Morgan fingerprint density at radius 3 is 2.89 bits per heavy atom. The first-order valence-electron chi connectivity index (χ1n) is 5.61. The van der Waals surface area contributed by atoms with E-state index in [1.165, 1.54) is 17.3 Å². The van der Waals surface area contributed by atoms with E-state index in [1.54, 1.807) is 11.9 Å². The second-order valence-corrected chi connectivity index (χ2v) is 3.68. The smallest absolute Gasteiger partial charge is 0.258 e. The molecule has 9 heteroatoms. The van der Waals surface area contributed by atoms with Crippen LogP contribution >= 0.6 is 0 Å². The number of anilines is 2.